The SMILES string of the molecule is CC(C)c1ccc2ccn(C(=O)N3CCOCC3)c2c1. The minimum atomic E-state index is 0.0456. The number of aromatic nitrogens is 1. The van der Waals surface area contributed by atoms with E-state index in [1.165, 1.54) is 5.56 Å². The van der Waals surface area contributed by atoms with Crippen LogP contribution in [0.15, 0.2) is 30.5 Å². The zero-order valence-electron chi connectivity index (χ0n) is 12.0. The van der Waals surface area contributed by atoms with Crippen molar-refractivity contribution in [3.05, 3.63) is 36.0 Å². The van der Waals surface area contributed by atoms with Crippen LogP contribution in [0.5, 0.6) is 0 Å². The second-order valence-corrected chi connectivity index (χ2v) is 5.54. The Hall–Kier alpha value is -1.81. The summed E-state index contributed by atoms with van der Waals surface area (Å²) in [5, 5.41) is 1.11. The van der Waals surface area contributed by atoms with E-state index in [0.29, 0.717) is 32.2 Å². The van der Waals surface area contributed by atoms with E-state index in [0.717, 1.165) is 10.9 Å². The highest BCUT2D eigenvalue weighted by Crippen LogP contribution is 2.23. The number of rotatable bonds is 1. The zero-order valence-corrected chi connectivity index (χ0v) is 12.0. The largest absolute Gasteiger partial charge is 0.378 e. The van der Waals surface area contributed by atoms with Gasteiger partial charge < -0.3 is 9.64 Å². The zero-order chi connectivity index (χ0) is 14.1. The fourth-order valence-corrected chi connectivity index (χ4v) is 2.58. The summed E-state index contributed by atoms with van der Waals surface area (Å²) < 4.78 is 7.06. The fraction of sp³-hybridized carbons (Fsp3) is 0.438. The van der Waals surface area contributed by atoms with E-state index in [1.807, 2.05) is 17.2 Å². The molecule has 0 atom stereocenters. The molecule has 1 amide bonds. The number of fused-ring (bicyclic) bond motifs is 1. The van der Waals surface area contributed by atoms with Gasteiger partial charge in [-0.2, -0.15) is 0 Å². The van der Waals surface area contributed by atoms with Crippen LogP contribution in [0.1, 0.15) is 25.3 Å². The lowest BCUT2D eigenvalue weighted by Crippen LogP contribution is -2.42. The Morgan fingerprint density at radius 1 is 1.20 bits per heavy atom. The van der Waals surface area contributed by atoms with E-state index >= 15 is 0 Å². The Labute approximate surface area is 118 Å². The van der Waals surface area contributed by atoms with Gasteiger partial charge in [-0.15, -0.1) is 0 Å². The predicted octanol–water partition coefficient (Wildman–Crippen LogP) is 3.07. The lowest BCUT2D eigenvalue weighted by molar-refractivity contribution is 0.0538. The molecule has 0 bridgehead atoms. The Morgan fingerprint density at radius 3 is 2.65 bits per heavy atom. The molecule has 0 N–H and O–H groups in total. The summed E-state index contributed by atoms with van der Waals surface area (Å²) in [6.07, 6.45) is 1.87. The summed E-state index contributed by atoms with van der Waals surface area (Å²) in [7, 11) is 0. The summed E-state index contributed by atoms with van der Waals surface area (Å²) in [5.74, 6) is 0.459. The van der Waals surface area contributed by atoms with Gasteiger partial charge in [0.15, 0.2) is 0 Å². The molecule has 20 heavy (non-hydrogen) atoms. The molecule has 1 aliphatic rings. The van der Waals surface area contributed by atoms with Crippen molar-refractivity contribution in [2.24, 2.45) is 0 Å². The average Bonchev–Trinajstić information content (AvgIpc) is 2.90. The maximum absolute atomic E-state index is 12.6. The van der Waals surface area contributed by atoms with Crippen LogP contribution in [0.2, 0.25) is 0 Å². The van der Waals surface area contributed by atoms with Crippen molar-refractivity contribution < 1.29 is 9.53 Å². The first kappa shape index (κ1) is 13.2. The minimum Gasteiger partial charge on any atom is -0.378 e. The molecule has 1 aromatic heterocycles. The highest BCUT2D eigenvalue weighted by Gasteiger charge is 2.19. The van der Waals surface area contributed by atoms with Crippen LogP contribution in [0.25, 0.3) is 10.9 Å². The predicted molar refractivity (Wildman–Crippen MR) is 79.2 cm³/mol. The number of amides is 1. The second kappa shape index (κ2) is 5.29. The molecule has 0 spiro atoms. The number of nitrogens with zero attached hydrogens (tertiary/aromatic N) is 2. The van der Waals surface area contributed by atoms with Gasteiger partial charge in [-0.1, -0.05) is 26.0 Å². The monoisotopic (exact) mass is 272 g/mol. The molecule has 1 fully saturated rings. The van der Waals surface area contributed by atoms with E-state index in [9.17, 15) is 4.79 Å². The Balaban J connectivity index is 1.98. The van der Waals surface area contributed by atoms with Crippen molar-refractivity contribution in [3.8, 4) is 0 Å². The standard InChI is InChI=1S/C16H20N2O2/c1-12(2)14-4-3-13-5-6-18(15(13)11-14)16(19)17-7-9-20-10-8-17/h3-6,11-12H,7-10H2,1-2H3. The molecule has 0 aliphatic carbocycles. The molecule has 1 aromatic carbocycles. The van der Waals surface area contributed by atoms with Gasteiger partial charge in [0.05, 0.1) is 18.7 Å². The molecule has 0 unspecified atom stereocenters. The highest BCUT2D eigenvalue weighted by atomic mass is 16.5. The van der Waals surface area contributed by atoms with E-state index < -0.39 is 0 Å². The van der Waals surface area contributed by atoms with Crippen LogP contribution in [0.4, 0.5) is 4.79 Å². The van der Waals surface area contributed by atoms with Crippen molar-refractivity contribution >= 4 is 16.9 Å². The first-order valence-corrected chi connectivity index (χ1v) is 7.15. The van der Waals surface area contributed by atoms with Crippen LogP contribution >= 0.6 is 0 Å². The third-order valence-electron chi connectivity index (χ3n) is 3.87. The first-order valence-electron chi connectivity index (χ1n) is 7.15. The van der Waals surface area contributed by atoms with Crippen molar-refractivity contribution in [3.63, 3.8) is 0 Å². The molecule has 106 valence electrons. The van der Waals surface area contributed by atoms with Crippen LogP contribution in [0, 0.1) is 0 Å². The van der Waals surface area contributed by atoms with E-state index in [1.54, 1.807) is 4.57 Å². The minimum absolute atomic E-state index is 0.0456. The van der Waals surface area contributed by atoms with Crippen LogP contribution in [-0.2, 0) is 4.74 Å². The molecule has 0 saturated carbocycles. The molecule has 1 aliphatic heterocycles. The Morgan fingerprint density at radius 2 is 1.95 bits per heavy atom. The average molecular weight is 272 g/mol. The van der Waals surface area contributed by atoms with Gasteiger partial charge in [0, 0.05) is 24.7 Å². The fourth-order valence-electron chi connectivity index (χ4n) is 2.58. The molecule has 2 heterocycles. The lowest BCUT2D eigenvalue weighted by Gasteiger charge is -2.27. The molecule has 0 radical (unpaired) electrons. The maximum Gasteiger partial charge on any atom is 0.328 e. The van der Waals surface area contributed by atoms with Gasteiger partial charge in [0.25, 0.3) is 0 Å². The van der Waals surface area contributed by atoms with Crippen LogP contribution in [0.3, 0.4) is 0 Å². The highest BCUT2D eigenvalue weighted by molar-refractivity contribution is 5.92. The van der Waals surface area contributed by atoms with E-state index in [-0.39, 0.29) is 6.03 Å². The molecule has 1 saturated heterocycles. The number of hydrogen-bond acceptors (Lipinski definition) is 2. The number of carbonyl (C=O) groups excluding carboxylic acids is 1. The van der Waals surface area contributed by atoms with E-state index in [2.05, 4.69) is 32.0 Å². The van der Waals surface area contributed by atoms with Crippen molar-refractivity contribution in [2.45, 2.75) is 19.8 Å². The first-order chi connectivity index (χ1) is 9.66. The van der Waals surface area contributed by atoms with Gasteiger partial charge >= 0.3 is 6.03 Å². The van der Waals surface area contributed by atoms with Crippen molar-refractivity contribution in [1.29, 1.82) is 0 Å². The van der Waals surface area contributed by atoms with Gasteiger partial charge in [-0.3, -0.25) is 4.57 Å². The van der Waals surface area contributed by atoms with Crippen LogP contribution in [-0.4, -0.2) is 41.8 Å². The summed E-state index contributed by atoms with van der Waals surface area (Å²) in [6.45, 7) is 6.92. The van der Waals surface area contributed by atoms with Crippen LogP contribution < -0.4 is 0 Å². The van der Waals surface area contributed by atoms with Gasteiger partial charge in [0.1, 0.15) is 0 Å². The van der Waals surface area contributed by atoms with Gasteiger partial charge in [-0.25, -0.2) is 4.79 Å². The normalized spacial score (nSPS) is 16.1. The third-order valence-corrected chi connectivity index (χ3v) is 3.87. The summed E-state index contributed by atoms with van der Waals surface area (Å²) in [5.41, 5.74) is 2.25. The molecule has 3 rings (SSSR count). The van der Waals surface area contributed by atoms with Gasteiger partial charge in [-0.05, 0) is 23.6 Å². The summed E-state index contributed by atoms with van der Waals surface area (Å²) in [4.78, 5) is 14.4. The van der Waals surface area contributed by atoms with Crippen molar-refractivity contribution in [1.82, 2.24) is 9.47 Å². The summed E-state index contributed by atoms with van der Waals surface area (Å²) >= 11 is 0. The van der Waals surface area contributed by atoms with Gasteiger partial charge in [0.2, 0.25) is 0 Å². The number of benzene rings is 1. The Bertz CT molecular complexity index is 624. The summed E-state index contributed by atoms with van der Waals surface area (Å²) in [6, 6.07) is 8.39. The number of carbonyl (C=O) groups is 1. The molecule has 4 nitrogen and oxygen atoms in total. The van der Waals surface area contributed by atoms with Crippen molar-refractivity contribution in [2.75, 3.05) is 26.3 Å². The molecule has 2 aromatic rings. The molecular weight excluding hydrogens is 252 g/mol. The topological polar surface area (TPSA) is 34.5 Å². The number of ether oxygens (including phenoxy) is 1. The third kappa shape index (κ3) is 2.31. The Kier molecular flexibility index (Phi) is 3.49. The smallest absolute Gasteiger partial charge is 0.328 e. The number of hydrogen-bond donors (Lipinski definition) is 0. The van der Waals surface area contributed by atoms with E-state index in [4.69, 9.17) is 4.74 Å². The number of morpholine rings is 1. The lowest BCUT2D eigenvalue weighted by atomic mass is 10.0. The molecule has 4 heteroatoms. The second-order valence-electron chi connectivity index (χ2n) is 5.54. The maximum atomic E-state index is 12.6. The quantitative estimate of drug-likeness (QED) is 0.799. The molecular formula is C16H20N2O2.